The molecule has 0 atom stereocenters. The molecule has 0 N–H and O–H groups in total. The van der Waals surface area contributed by atoms with Crippen molar-refractivity contribution in [3.8, 4) is 22.4 Å². The van der Waals surface area contributed by atoms with Gasteiger partial charge in [-0.15, -0.1) is 0 Å². The van der Waals surface area contributed by atoms with Crippen LogP contribution in [0.3, 0.4) is 0 Å². The molecule has 0 saturated heterocycles. The largest absolute Gasteiger partial charge is 0.306 e. The first-order valence-electron chi connectivity index (χ1n) is 7.96. The summed E-state index contributed by atoms with van der Waals surface area (Å²) in [6.45, 7) is 0. The van der Waals surface area contributed by atoms with E-state index in [1.807, 2.05) is 28.9 Å². The Labute approximate surface area is 150 Å². The van der Waals surface area contributed by atoms with Crippen LogP contribution in [-0.2, 0) is 9.84 Å². The van der Waals surface area contributed by atoms with E-state index in [9.17, 15) is 12.8 Å². The van der Waals surface area contributed by atoms with E-state index in [4.69, 9.17) is 4.98 Å². The van der Waals surface area contributed by atoms with Gasteiger partial charge in [-0.25, -0.2) is 17.8 Å². The zero-order valence-corrected chi connectivity index (χ0v) is 14.7. The summed E-state index contributed by atoms with van der Waals surface area (Å²) in [5.74, 6) is -0.282. The molecule has 2 heterocycles. The molecule has 0 radical (unpaired) electrons. The molecule has 26 heavy (non-hydrogen) atoms. The summed E-state index contributed by atoms with van der Waals surface area (Å²) < 4.78 is 38.3. The molecule has 4 aromatic rings. The fourth-order valence-corrected chi connectivity index (χ4v) is 3.51. The number of fused-ring (bicyclic) bond motifs is 1. The lowest BCUT2D eigenvalue weighted by atomic mass is 10.1. The summed E-state index contributed by atoms with van der Waals surface area (Å²) in [6.07, 6.45) is 4.96. The third-order valence-corrected chi connectivity index (χ3v) is 5.34. The lowest BCUT2D eigenvalue weighted by molar-refractivity contribution is 0.602. The Morgan fingerprint density at radius 1 is 0.923 bits per heavy atom. The Morgan fingerprint density at radius 3 is 2.23 bits per heavy atom. The molecule has 6 heteroatoms. The molecule has 2 aromatic carbocycles. The number of hydrogen-bond donors (Lipinski definition) is 0. The molecule has 0 bridgehead atoms. The normalized spacial score (nSPS) is 11.8. The van der Waals surface area contributed by atoms with Crippen LogP contribution in [0.25, 0.3) is 28.0 Å². The van der Waals surface area contributed by atoms with Gasteiger partial charge < -0.3 is 4.40 Å². The number of rotatable bonds is 3. The molecule has 130 valence electrons. The van der Waals surface area contributed by atoms with E-state index in [2.05, 4.69) is 0 Å². The molecule has 4 nitrogen and oxygen atoms in total. The van der Waals surface area contributed by atoms with E-state index in [-0.39, 0.29) is 10.7 Å². The molecule has 0 amide bonds. The van der Waals surface area contributed by atoms with Crippen molar-refractivity contribution in [2.24, 2.45) is 0 Å². The van der Waals surface area contributed by atoms with Crippen molar-refractivity contribution >= 4 is 15.5 Å². The highest BCUT2D eigenvalue weighted by Gasteiger charge is 2.11. The zero-order valence-electron chi connectivity index (χ0n) is 13.9. The maximum absolute atomic E-state index is 13.2. The van der Waals surface area contributed by atoms with Crippen molar-refractivity contribution in [3.05, 3.63) is 78.9 Å². The average molecular weight is 366 g/mol. The predicted molar refractivity (Wildman–Crippen MR) is 99.1 cm³/mol. The van der Waals surface area contributed by atoms with Gasteiger partial charge in [0.25, 0.3) is 0 Å². The van der Waals surface area contributed by atoms with Crippen LogP contribution in [0.4, 0.5) is 4.39 Å². The minimum atomic E-state index is -3.23. The third-order valence-electron chi connectivity index (χ3n) is 4.22. The molecule has 4 rings (SSSR count). The van der Waals surface area contributed by atoms with E-state index in [1.165, 1.54) is 18.4 Å². The van der Waals surface area contributed by atoms with Gasteiger partial charge >= 0.3 is 0 Å². The molecule has 0 fully saturated rings. The van der Waals surface area contributed by atoms with E-state index >= 15 is 0 Å². The van der Waals surface area contributed by atoms with Crippen molar-refractivity contribution in [2.75, 3.05) is 6.26 Å². The Balaban J connectivity index is 1.81. The molecule has 2 aromatic heterocycles. The second kappa shape index (κ2) is 6.07. The maximum Gasteiger partial charge on any atom is 0.175 e. The number of benzene rings is 2. The van der Waals surface area contributed by atoms with Crippen molar-refractivity contribution < 1.29 is 12.8 Å². The number of nitrogens with zero attached hydrogens (tertiary/aromatic N) is 2. The highest BCUT2D eigenvalue weighted by Crippen LogP contribution is 2.27. The monoisotopic (exact) mass is 366 g/mol. The van der Waals surface area contributed by atoms with Gasteiger partial charge in [0, 0.05) is 29.8 Å². The summed E-state index contributed by atoms with van der Waals surface area (Å²) in [5.41, 5.74) is 4.08. The van der Waals surface area contributed by atoms with Crippen molar-refractivity contribution in [3.63, 3.8) is 0 Å². The molecule has 0 unspecified atom stereocenters. The van der Waals surface area contributed by atoms with Crippen LogP contribution in [0.5, 0.6) is 0 Å². The van der Waals surface area contributed by atoms with Crippen LogP contribution >= 0.6 is 0 Å². The highest BCUT2D eigenvalue weighted by molar-refractivity contribution is 7.90. The van der Waals surface area contributed by atoms with Crippen LogP contribution in [0.15, 0.2) is 78.0 Å². The quantitative estimate of drug-likeness (QED) is 0.546. The highest BCUT2D eigenvalue weighted by atomic mass is 32.2. The smallest absolute Gasteiger partial charge is 0.175 e. The SMILES string of the molecule is CS(=O)(=O)c1ccc(-c2cn3cccc(-c4ccc(F)cc4)c3n2)cc1. The Kier molecular flexibility index (Phi) is 3.85. The standard InChI is InChI=1S/C20H15FN2O2S/c1-26(24,25)17-10-6-15(7-11-17)19-13-23-12-2-3-18(20(23)22-19)14-4-8-16(21)9-5-14/h2-13H,1H3. The average Bonchev–Trinajstić information content (AvgIpc) is 3.06. The van der Waals surface area contributed by atoms with Gasteiger partial charge in [-0.1, -0.05) is 24.3 Å². The van der Waals surface area contributed by atoms with Crippen LogP contribution in [0.1, 0.15) is 0 Å². The number of pyridine rings is 1. The first kappa shape index (κ1) is 16.5. The Bertz CT molecular complexity index is 1200. The summed E-state index contributed by atoms with van der Waals surface area (Å²) in [6, 6.07) is 16.8. The first-order valence-corrected chi connectivity index (χ1v) is 9.85. The molecule has 0 saturated carbocycles. The minimum Gasteiger partial charge on any atom is -0.306 e. The van der Waals surface area contributed by atoms with Gasteiger partial charge in [0.05, 0.1) is 10.6 Å². The number of halogens is 1. The zero-order chi connectivity index (χ0) is 18.3. The van der Waals surface area contributed by atoms with E-state index in [0.29, 0.717) is 0 Å². The number of aromatic nitrogens is 2. The van der Waals surface area contributed by atoms with Gasteiger partial charge in [-0.3, -0.25) is 0 Å². The van der Waals surface area contributed by atoms with Crippen LogP contribution in [0.2, 0.25) is 0 Å². The van der Waals surface area contributed by atoms with Gasteiger partial charge in [-0.05, 0) is 42.0 Å². The topological polar surface area (TPSA) is 51.4 Å². The molecular weight excluding hydrogens is 351 g/mol. The molecular formula is C20H15FN2O2S. The molecule has 0 aliphatic carbocycles. The second-order valence-electron chi connectivity index (χ2n) is 6.08. The third kappa shape index (κ3) is 2.99. The molecule has 0 spiro atoms. The van der Waals surface area contributed by atoms with Gasteiger partial charge in [0.1, 0.15) is 11.5 Å². The fraction of sp³-hybridized carbons (Fsp3) is 0.0500. The minimum absolute atomic E-state index is 0.275. The van der Waals surface area contributed by atoms with Crippen LogP contribution in [-0.4, -0.2) is 24.1 Å². The van der Waals surface area contributed by atoms with Crippen molar-refractivity contribution in [1.29, 1.82) is 0 Å². The predicted octanol–water partition coefficient (Wildman–Crippen LogP) is 4.21. The molecule has 0 aliphatic heterocycles. The summed E-state index contributed by atoms with van der Waals surface area (Å²) in [7, 11) is -3.23. The second-order valence-corrected chi connectivity index (χ2v) is 8.10. The number of imidazole rings is 1. The van der Waals surface area contributed by atoms with E-state index in [0.717, 1.165) is 28.0 Å². The lowest BCUT2D eigenvalue weighted by Crippen LogP contribution is -1.96. The van der Waals surface area contributed by atoms with Gasteiger partial charge in [0.2, 0.25) is 0 Å². The van der Waals surface area contributed by atoms with Crippen molar-refractivity contribution in [2.45, 2.75) is 4.90 Å². The molecule has 0 aliphatic rings. The van der Waals surface area contributed by atoms with Gasteiger partial charge in [-0.2, -0.15) is 0 Å². The number of hydrogen-bond acceptors (Lipinski definition) is 3. The van der Waals surface area contributed by atoms with E-state index < -0.39 is 9.84 Å². The van der Waals surface area contributed by atoms with Gasteiger partial charge in [0.15, 0.2) is 9.84 Å². The summed E-state index contributed by atoms with van der Waals surface area (Å²) in [5, 5.41) is 0. The first-order chi connectivity index (χ1) is 12.4. The summed E-state index contributed by atoms with van der Waals surface area (Å²) >= 11 is 0. The Hall–Kier alpha value is -2.99. The lowest BCUT2D eigenvalue weighted by Gasteiger charge is -2.03. The summed E-state index contributed by atoms with van der Waals surface area (Å²) in [4.78, 5) is 4.97. The van der Waals surface area contributed by atoms with Crippen molar-refractivity contribution in [1.82, 2.24) is 9.38 Å². The van der Waals surface area contributed by atoms with Crippen LogP contribution in [0, 0.1) is 5.82 Å². The van der Waals surface area contributed by atoms with Crippen LogP contribution < -0.4 is 0 Å². The van der Waals surface area contributed by atoms with E-state index in [1.54, 1.807) is 36.4 Å². The maximum atomic E-state index is 13.2. The fourth-order valence-electron chi connectivity index (χ4n) is 2.88. The Morgan fingerprint density at radius 2 is 1.58 bits per heavy atom. The number of sulfone groups is 1.